The maximum atomic E-state index is 12.9. The van der Waals surface area contributed by atoms with Crippen molar-refractivity contribution < 1.29 is 9.59 Å². The van der Waals surface area contributed by atoms with Gasteiger partial charge in [0.25, 0.3) is 0 Å². The Labute approximate surface area is 173 Å². The van der Waals surface area contributed by atoms with E-state index in [0.29, 0.717) is 38.4 Å². The molecule has 29 heavy (non-hydrogen) atoms. The van der Waals surface area contributed by atoms with Crippen LogP contribution in [0.3, 0.4) is 0 Å². The van der Waals surface area contributed by atoms with Crippen LogP contribution in [0.2, 0.25) is 0 Å². The van der Waals surface area contributed by atoms with E-state index in [0.717, 1.165) is 16.7 Å². The highest BCUT2D eigenvalue weighted by atomic mass is 16.2. The van der Waals surface area contributed by atoms with E-state index in [4.69, 9.17) is 0 Å². The molecule has 1 saturated carbocycles. The van der Waals surface area contributed by atoms with Gasteiger partial charge in [0.1, 0.15) is 0 Å². The van der Waals surface area contributed by atoms with Crippen molar-refractivity contribution in [2.75, 3.05) is 19.6 Å². The van der Waals surface area contributed by atoms with E-state index in [-0.39, 0.29) is 17.7 Å². The molecule has 0 bridgehead atoms. The molecule has 2 fully saturated rings. The predicted octanol–water partition coefficient (Wildman–Crippen LogP) is 4.05. The van der Waals surface area contributed by atoms with Gasteiger partial charge in [0, 0.05) is 26.1 Å². The zero-order valence-corrected chi connectivity index (χ0v) is 17.0. The zero-order chi connectivity index (χ0) is 20.1. The molecule has 2 aromatic carbocycles. The maximum absolute atomic E-state index is 12.9. The molecule has 4 rings (SSSR count). The van der Waals surface area contributed by atoms with Crippen molar-refractivity contribution in [2.45, 2.75) is 38.5 Å². The largest absolute Gasteiger partial charge is 0.354 e. The van der Waals surface area contributed by atoms with Crippen molar-refractivity contribution in [3.05, 3.63) is 60.2 Å². The van der Waals surface area contributed by atoms with E-state index in [1.54, 1.807) is 0 Å². The lowest BCUT2D eigenvalue weighted by molar-refractivity contribution is -0.133. The van der Waals surface area contributed by atoms with Crippen molar-refractivity contribution in [3.8, 4) is 11.1 Å². The molecule has 4 heteroatoms. The minimum absolute atomic E-state index is 0.0593. The summed E-state index contributed by atoms with van der Waals surface area (Å²) in [7, 11) is 0. The lowest BCUT2D eigenvalue weighted by atomic mass is 9.91. The van der Waals surface area contributed by atoms with E-state index in [2.05, 4.69) is 29.6 Å². The smallest absolute Gasteiger partial charge is 0.225 e. The van der Waals surface area contributed by atoms with Crippen LogP contribution in [0.1, 0.15) is 37.7 Å². The Morgan fingerprint density at radius 2 is 1.72 bits per heavy atom. The molecule has 2 aliphatic rings. The fourth-order valence-electron chi connectivity index (χ4n) is 4.74. The highest BCUT2D eigenvalue weighted by Gasteiger charge is 2.30. The number of nitrogens with zero attached hydrogens (tertiary/aromatic N) is 1. The van der Waals surface area contributed by atoms with E-state index in [1.807, 2.05) is 35.2 Å². The van der Waals surface area contributed by atoms with Crippen molar-refractivity contribution in [2.24, 2.45) is 11.8 Å². The second kappa shape index (κ2) is 9.25. The van der Waals surface area contributed by atoms with Crippen molar-refractivity contribution in [3.63, 3.8) is 0 Å². The quantitative estimate of drug-likeness (QED) is 0.837. The van der Waals surface area contributed by atoms with E-state index in [1.165, 1.54) is 25.7 Å². The fourth-order valence-corrected chi connectivity index (χ4v) is 4.74. The zero-order valence-electron chi connectivity index (χ0n) is 17.0. The molecule has 0 aromatic heterocycles. The van der Waals surface area contributed by atoms with Gasteiger partial charge in [-0.3, -0.25) is 9.59 Å². The summed E-state index contributed by atoms with van der Waals surface area (Å²) in [4.78, 5) is 27.5. The second-order valence-corrected chi connectivity index (χ2v) is 8.41. The molecule has 1 atom stereocenters. The van der Waals surface area contributed by atoms with E-state index in [9.17, 15) is 9.59 Å². The molecule has 1 aliphatic heterocycles. The predicted molar refractivity (Wildman–Crippen MR) is 115 cm³/mol. The molecule has 152 valence electrons. The monoisotopic (exact) mass is 390 g/mol. The summed E-state index contributed by atoms with van der Waals surface area (Å²) in [5, 5.41) is 3.02. The average Bonchev–Trinajstić information content (AvgIpc) is 3.19. The SMILES string of the molecule is O=C1NCCN(C(=O)CC2CCCC2)CC1Cc1ccccc1-c1ccccc1. The summed E-state index contributed by atoms with van der Waals surface area (Å²) in [5.74, 6) is 0.598. The third-order valence-electron chi connectivity index (χ3n) is 6.35. The number of benzene rings is 2. The first-order chi connectivity index (χ1) is 14.2. The van der Waals surface area contributed by atoms with Gasteiger partial charge in [0.05, 0.1) is 5.92 Å². The molecular formula is C25H30N2O2. The van der Waals surface area contributed by atoms with Crippen LogP contribution in [-0.2, 0) is 16.0 Å². The lowest BCUT2D eigenvalue weighted by Crippen LogP contribution is -2.38. The third kappa shape index (κ3) is 4.87. The van der Waals surface area contributed by atoms with Crippen molar-refractivity contribution in [1.29, 1.82) is 0 Å². The Balaban J connectivity index is 1.50. The second-order valence-electron chi connectivity index (χ2n) is 8.41. The number of carbonyl (C=O) groups is 2. The van der Waals surface area contributed by atoms with Crippen LogP contribution in [0.15, 0.2) is 54.6 Å². The maximum Gasteiger partial charge on any atom is 0.225 e. The number of carbonyl (C=O) groups excluding carboxylic acids is 2. The summed E-state index contributed by atoms with van der Waals surface area (Å²) < 4.78 is 0. The van der Waals surface area contributed by atoms with Gasteiger partial charge in [-0.15, -0.1) is 0 Å². The first-order valence-corrected chi connectivity index (χ1v) is 10.9. The Morgan fingerprint density at radius 1 is 1.00 bits per heavy atom. The summed E-state index contributed by atoms with van der Waals surface area (Å²) in [6.45, 7) is 1.68. The molecule has 1 saturated heterocycles. The summed E-state index contributed by atoms with van der Waals surface area (Å²) >= 11 is 0. The molecule has 2 amide bonds. The molecule has 2 aromatic rings. The Hall–Kier alpha value is -2.62. The number of nitrogens with one attached hydrogen (secondary N) is 1. The fraction of sp³-hybridized carbons (Fsp3) is 0.440. The average molecular weight is 391 g/mol. The van der Waals surface area contributed by atoms with Crippen LogP contribution in [-0.4, -0.2) is 36.3 Å². The highest BCUT2D eigenvalue weighted by molar-refractivity contribution is 5.82. The topological polar surface area (TPSA) is 49.4 Å². The summed E-state index contributed by atoms with van der Waals surface area (Å²) in [6, 6.07) is 18.6. The van der Waals surface area contributed by atoms with Crippen LogP contribution in [0.5, 0.6) is 0 Å². The van der Waals surface area contributed by atoms with Crippen LogP contribution < -0.4 is 5.32 Å². The Bertz CT molecular complexity index is 843. The van der Waals surface area contributed by atoms with Gasteiger partial charge in [-0.1, -0.05) is 67.4 Å². The minimum atomic E-state index is -0.213. The molecule has 1 heterocycles. The van der Waals surface area contributed by atoms with Crippen LogP contribution in [0, 0.1) is 11.8 Å². The molecule has 0 radical (unpaired) electrons. The molecule has 4 nitrogen and oxygen atoms in total. The number of hydrogen-bond donors (Lipinski definition) is 1. The van der Waals surface area contributed by atoms with E-state index < -0.39 is 0 Å². The number of rotatable bonds is 5. The first kappa shape index (κ1) is 19.7. The van der Waals surface area contributed by atoms with Crippen molar-refractivity contribution >= 4 is 11.8 Å². The first-order valence-electron chi connectivity index (χ1n) is 10.9. The summed E-state index contributed by atoms with van der Waals surface area (Å²) in [5.41, 5.74) is 3.48. The molecule has 1 aliphatic carbocycles. The van der Waals surface area contributed by atoms with Crippen molar-refractivity contribution in [1.82, 2.24) is 10.2 Å². The molecule has 0 spiro atoms. The van der Waals surface area contributed by atoms with Gasteiger partial charge in [-0.05, 0) is 41.9 Å². The van der Waals surface area contributed by atoms with Gasteiger partial charge < -0.3 is 10.2 Å². The minimum Gasteiger partial charge on any atom is -0.354 e. The highest BCUT2D eigenvalue weighted by Crippen LogP contribution is 2.29. The molecule has 1 unspecified atom stereocenters. The molecule has 1 N–H and O–H groups in total. The number of amides is 2. The number of hydrogen-bond acceptors (Lipinski definition) is 2. The van der Waals surface area contributed by atoms with E-state index >= 15 is 0 Å². The van der Waals surface area contributed by atoms with Gasteiger partial charge in [-0.2, -0.15) is 0 Å². The summed E-state index contributed by atoms with van der Waals surface area (Å²) in [6.07, 6.45) is 6.12. The van der Waals surface area contributed by atoms with Gasteiger partial charge in [0.15, 0.2) is 0 Å². The van der Waals surface area contributed by atoms with Gasteiger partial charge in [0.2, 0.25) is 11.8 Å². The van der Waals surface area contributed by atoms with Crippen LogP contribution in [0.4, 0.5) is 0 Å². The Morgan fingerprint density at radius 3 is 2.52 bits per heavy atom. The third-order valence-corrected chi connectivity index (χ3v) is 6.35. The Kier molecular flexibility index (Phi) is 6.28. The lowest BCUT2D eigenvalue weighted by Gasteiger charge is -2.25. The molecular weight excluding hydrogens is 360 g/mol. The van der Waals surface area contributed by atoms with Crippen LogP contribution >= 0.6 is 0 Å². The van der Waals surface area contributed by atoms with Crippen LogP contribution in [0.25, 0.3) is 11.1 Å². The standard InChI is InChI=1S/C25H30N2O2/c28-24(16-19-8-4-5-9-19)27-15-14-26-25(29)22(18-27)17-21-12-6-7-13-23(21)20-10-2-1-3-11-20/h1-3,6-7,10-13,19,22H,4-5,8-9,14-18H2,(H,26,29). The van der Waals surface area contributed by atoms with Gasteiger partial charge >= 0.3 is 0 Å². The van der Waals surface area contributed by atoms with Gasteiger partial charge in [-0.25, -0.2) is 0 Å². The normalized spacial score (nSPS) is 20.3.